The second-order valence-electron chi connectivity index (χ2n) is 4.46. The Kier molecular flexibility index (Phi) is 5.31. The van der Waals surface area contributed by atoms with Crippen molar-refractivity contribution in [2.75, 3.05) is 6.54 Å². The first-order valence-corrected chi connectivity index (χ1v) is 6.16. The number of carbonyl (C=O) groups is 1. The predicted octanol–water partition coefficient (Wildman–Crippen LogP) is 1.09. The normalized spacial score (nSPS) is 14.1. The van der Waals surface area contributed by atoms with Crippen molar-refractivity contribution in [3.8, 4) is 0 Å². The van der Waals surface area contributed by atoms with Crippen LogP contribution in [0.3, 0.4) is 0 Å². The van der Waals surface area contributed by atoms with Crippen molar-refractivity contribution >= 4 is 5.91 Å². The van der Waals surface area contributed by atoms with Gasteiger partial charge in [0.25, 0.3) is 5.91 Å². The fraction of sp³-hybridized carbons (Fsp3) is 0.500. The minimum atomic E-state index is -1.35. The van der Waals surface area contributed by atoms with Crippen molar-refractivity contribution in [2.45, 2.75) is 39.5 Å². The number of amides is 1. The van der Waals surface area contributed by atoms with E-state index >= 15 is 0 Å². The second kappa shape index (κ2) is 6.52. The number of aliphatic hydroxyl groups is 2. The monoisotopic (exact) mass is 251 g/mol. The zero-order valence-electron chi connectivity index (χ0n) is 11.1. The minimum absolute atomic E-state index is 0.434. The predicted molar refractivity (Wildman–Crippen MR) is 70.0 cm³/mol. The lowest BCUT2D eigenvalue weighted by atomic mass is 10.1. The van der Waals surface area contributed by atoms with Gasteiger partial charge in [0.2, 0.25) is 0 Å². The Balaban J connectivity index is 2.80. The van der Waals surface area contributed by atoms with E-state index in [4.69, 9.17) is 0 Å². The molecular weight excluding hydrogens is 230 g/mol. The maximum atomic E-state index is 11.9. The summed E-state index contributed by atoms with van der Waals surface area (Å²) in [5, 5.41) is 18.9. The molecule has 0 aliphatic heterocycles. The van der Waals surface area contributed by atoms with E-state index in [1.165, 1.54) is 6.92 Å². The highest BCUT2D eigenvalue weighted by atomic mass is 16.3. The smallest absolute Gasteiger partial charge is 0.254 e. The molecule has 2 unspecified atom stereocenters. The molecule has 0 fully saturated rings. The molecule has 4 heteroatoms. The molecule has 1 aromatic carbocycles. The summed E-state index contributed by atoms with van der Waals surface area (Å²) in [5.74, 6) is -0.434. The van der Waals surface area contributed by atoms with Crippen LogP contribution in [0.5, 0.6) is 0 Å². The molecule has 2 atom stereocenters. The first kappa shape index (κ1) is 14.7. The van der Waals surface area contributed by atoms with Crippen LogP contribution in [0.25, 0.3) is 0 Å². The van der Waals surface area contributed by atoms with E-state index in [0.717, 1.165) is 11.1 Å². The Hall–Kier alpha value is -1.39. The Morgan fingerprint density at radius 1 is 1.33 bits per heavy atom. The van der Waals surface area contributed by atoms with Gasteiger partial charge in [-0.3, -0.25) is 4.79 Å². The van der Waals surface area contributed by atoms with Crippen molar-refractivity contribution < 1.29 is 15.0 Å². The molecule has 1 rings (SSSR count). The second-order valence-corrected chi connectivity index (χ2v) is 4.46. The highest BCUT2D eigenvalue weighted by Crippen LogP contribution is 2.12. The third kappa shape index (κ3) is 3.55. The van der Waals surface area contributed by atoms with Crippen LogP contribution in [0.1, 0.15) is 25.0 Å². The van der Waals surface area contributed by atoms with Gasteiger partial charge in [-0.05, 0) is 31.9 Å². The molecule has 0 aliphatic carbocycles. The van der Waals surface area contributed by atoms with Crippen LogP contribution in [0.4, 0.5) is 0 Å². The molecule has 0 aromatic heterocycles. The summed E-state index contributed by atoms with van der Waals surface area (Å²) >= 11 is 0. The number of likely N-dealkylation sites (N-methyl/N-ethyl adjacent to an activating group) is 1. The summed E-state index contributed by atoms with van der Waals surface area (Å²) in [6, 6.07) is 7.81. The van der Waals surface area contributed by atoms with E-state index in [1.807, 2.05) is 38.1 Å². The fourth-order valence-electron chi connectivity index (χ4n) is 1.73. The van der Waals surface area contributed by atoms with E-state index < -0.39 is 18.1 Å². The third-order valence-corrected chi connectivity index (χ3v) is 3.03. The Morgan fingerprint density at radius 2 is 1.94 bits per heavy atom. The minimum Gasteiger partial charge on any atom is -0.390 e. The SMILES string of the molecule is CCN(Cc1ccccc1C)C(=O)C(O)C(C)O. The zero-order chi connectivity index (χ0) is 13.7. The van der Waals surface area contributed by atoms with E-state index in [0.29, 0.717) is 13.1 Å². The van der Waals surface area contributed by atoms with Crippen LogP contribution < -0.4 is 0 Å². The lowest BCUT2D eigenvalue weighted by molar-refractivity contribution is -0.145. The molecule has 2 N–H and O–H groups in total. The molecule has 0 saturated carbocycles. The lowest BCUT2D eigenvalue weighted by Gasteiger charge is -2.25. The summed E-state index contributed by atoms with van der Waals surface area (Å²) in [4.78, 5) is 13.5. The molecule has 0 bridgehead atoms. The Labute approximate surface area is 108 Å². The van der Waals surface area contributed by atoms with Crippen molar-refractivity contribution in [2.24, 2.45) is 0 Å². The summed E-state index contributed by atoms with van der Waals surface area (Å²) in [6.45, 7) is 6.19. The molecule has 0 aliphatic rings. The quantitative estimate of drug-likeness (QED) is 0.823. The largest absolute Gasteiger partial charge is 0.390 e. The van der Waals surface area contributed by atoms with Gasteiger partial charge in [0.1, 0.15) is 0 Å². The average molecular weight is 251 g/mol. The molecule has 0 heterocycles. The van der Waals surface area contributed by atoms with Crippen LogP contribution in [0, 0.1) is 6.92 Å². The van der Waals surface area contributed by atoms with Crippen LogP contribution in [-0.4, -0.2) is 39.8 Å². The summed E-state index contributed by atoms with van der Waals surface area (Å²) in [5.41, 5.74) is 2.15. The van der Waals surface area contributed by atoms with Crippen LogP contribution >= 0.6 is 0 Å². The highest BCUT2D eigenvalue weighted by Gasteiger charge is 2.25. The zero-order valence-corrected chi connectivity index (χ0v) is 11.1. The third-order valence-electron chi connectivity index (χ3n) is 3.03. The van der Waals surface area contributed by atoms with Gasteiger partial charge < -0.3 is 15.1 Å². The number of carbonyl (C=O) groups excluding carboxylic acids is 1. The standard InChI is InChI=1S/C14H21NO3/c1-4-15(14(18)13(17)11(3)16)9-12-8-6-5-7-10(12)2/h5-8,11,13,16-17H,4,9H2,1-3H3. The van der Waals surface area contributed by atoms with Gasteiger partial charge in [0, 0.05) is 13.1 Å². The summed E-state index contributed by atoms with van der Waals surface area (Å²) < 4.78 is 0. The van der Waals surface area contributed by atoms with Gasteiger partial charge in [-0.1, -0.05) is 24.3 Å². The molecule has 1 aromatic rings. The first-order valence-electron chi connectivity index (χ1n) is 6.16. The molecule has 100 valence electrons. The van der Waals surface area contributed by atoms with Gasteiger partial charge in [-0.15, -0.1) is 0 Å². The van der Waals surface area contributed by atoms with Crippen molar-refractivity contribution in [1.82, 2.24) is 4.90 Å². The Morgan fingerprint density at radius 3 is 2.44 bits per heavy atom. The van der Waals surface area contributed by atoms with Gasteiger partial charge in [0.15, 0.2) is 6.10 Å². The number of nitrogens with zero attached hydrogens (tertiary/aromatic N) is 1. The van der Waals surface area contributed by atoms with Crippen LogP contribution in [0.15, 0.2) is 24.3 Å². The van der Waals surface area contributed by atoms with Crippen molar-refractivity contribution in [3.63, 3.8) is 0 Å². The van der Waals surface area contributed by atoms with Crippen LogP contribution in [0.2, 0.25) is 0 Å². The summed E-state index contributed by atoms with van der Waals surface area (Å²) in [6.07, 6.45) is -2.41. The van der Waals surface area contributed by atoms with Gasteiger partial charge in [-0.25, -0.2) is 0 Å². The molecule has 1 amide bonds. The highest BCUT2D eigenvalue weighted by molar-refractivity contribution is 5.81. The number of rotatable bonds is 5. The first-order chi connectivity index (χ1) is 8.47. The van der Waals surface area contributed by atoms with Gasteiger partial charge in [0.05, 0.1) is 6.10 Å². The number of aryl methyl sites for hydroxylation is 1. The van der Waals surface area contributed by atoms with Gasteiger partial charge >= 0.3 is 0 Å². The molecular formula is C14H21NO3. The van der Waals surface area contributed by atoms with Crippen molar-refractivity contribution in [3.05, 3.63) is 35.4 Å². The molecule has 18 heavy (non-hydrogen) atoms. The molecule has 4 nitrogen and oxygen atoms in total. The van der Waals surface area contributed by atoms with Crippen molar-refractivity contribution in [1.29, 1.82) is 0 Å². The molecule has 0 saturated heterocycles. The van der Waals surface area contributed by atoms with E-state index in [9.17, 15) is 15.0 Å². The number of benzene rings is 1. The maximum Gasteiger partial charge on any atom is 0.254 e. The lowest BCUT2D eigenvalue weighted by Crippen LogP contribution is -2.43. The van der Waals surface area contributed by atoms with E-state index in [1.54, 1.807) is 4.90 Å². The molecule has 0 radical (unpaired) electrons. The molecule has 0 spiro atoms. The summed E-state index contributed by atoms with van der Waals surface area (Å²) in [7, 11) is 0. The Bertz CT molecular complexity index is 404. The maximum absolute atomic E-state index is 11.9. The van der Waals surface area contributed by atoms with E-state index in [-0.39, 0.29) is 0 Å². The van der Waals surface area contributed by atoms with E-state index in [2.05, 4.69) is 0 Å². The number of hydrogen-bond acceptors (Lipinski definition) is 3. The topological polar surface area (TPSA) is 60.8 Å². The van der Waals surface area contributed by atoms with Crippen LogP contribution in [-0.2, 0) is 11.3 Å². The number of hydrogen-bond donors (Lipinski definition) is 2. The number of aliphatic hydroxyl groups excluding tert-OH is 2. The average Bonchev–Trinajstić information content (AvgIpc) is 2.36. The van der Waals surface area contributed by atoms with Gasteiger partial charge in [-0.2, -0.15) is 0 Å². The fourth-order valence-corrected chi connectivity index (χ4v) is 1.73.